The smallest absolute Gasteiger partial charge is 0.321 e. The van der Waals surface area contributed by atoms with E-state index in [2.05, 4.69) is 10.6 Å². The standard InChI is InChI=1S/C10H12N2O3/c1-11-10(14)12-9(13)7-15-8-5-3-2-4-6-8/h2-6H,7H2,1H3,(H2,11,12,13,14). The first kappa shape index (κ1) is 11.0. The van der Waals surface area contributed by atoms with Gasteiger partial charge < -0.3 is 10.1 Å². The average molecular weight is 208 g/mol. The number of carbonyl (C=O) groups excluding carboxylic acids is 2. The van der Waals surface area contributed by atoms with E-state index in [1.54, 1.807) is 24.3 Å². The molecule has 1 aromatic rings. The molecule has 0 atom stereocenters. The van der Waals surface area contributed by atoms with Crippen molar-refractivity contribution in [3.05, 3.63) is 30.3 Å². The number of hydrogen-bond acceptors (Lipinski definition) is 3. The monoisotopic (exact) mass is 208 g/mol. The fourth-order valence-corrected chi connectivity index (χ4v) is 0.891. The van der Waals surface area contributed by atoms with Gasteiger partial charge in [-0.2, -0.15) is 0 Å². The third kappa shape index (κ3) is 4.12. The van der Waals surface area contributed by atoms with Crippen molar-refractivity contribution in [3.8, 4) is 5.75 Å². The molecule has 0 radical (unpaired) electrons. The molecule has 0 bridgehead atoms. The number of para-hydroxylation sites is 1. The highest BCUT2D eigenvalue weighted by Crippen LogP contribution is 2.07. The number of urea groups is 1. The Morgan fingerprint density at radius 1 is 1.27 bits per heavy atom. The summed E-state index contributed by atoms with van der Waals surface area (Å²) in [6.45, 7) is -0.183. The number of carbonyl (C=O) groups is 2. The van der Waals surface area contributed by atoms with Gasteiger partial charge in [-0.3, -0.25) is 10.1 Å². The fourth-order valence-electron chi connectivity index (χ4n) is 0.891. The van der Waals surface area contributed by atoms with Crippen LogP contribution < -0.4 is 15.4 Å². The summed E-state index contributed by atoms with van der Waals surface area (Å²) in [6.07, 6.45) is 0. The van der Waals surface area contributed by atoms with Crippen molar-refractivity contribution >= 4 is 11.9 Å². The number of rotatable bonds is 3. The predicted octanol–water partition coefficient (Wildman–Crippen LogP) is 0.521. The molecule has 3 amide bonds. The van der Waals surface area contributed by atoms with Crippen LogP contribution in [0.3, 0.4) is 0 Å². The molecule has 0 fully saturated rings. The van der Waals surface area contributed by atoms with E-state index in [-0.39, 0.29) is 6.61 Å². The van der Waals surface area contributed by atoms with Crippen LogP contribution in [0, 0.1) is 0 Å². The van der Waals surface area contributed by atoms with Crippen molar-refractivity contribution in [3.63, 3.8) is 0 Å². The SMILES string of the molecule is CNC(=O)NC(=O)COc1ccccc1. The van der Waals surface area contributed by atoms with Crippen LogP contribution in [0.25, 0.3) is 0 Å². The molecule has 0 saturated heterocycles. The molecule has 2 N–H and O–H groups in total. The van der Waals surface area contributed by atoms with Gasteiger partial charge in [-0.25, -0.2) is 4.79 Å². The summed E-state index contributed by atoms with van der Waals surface area (Å²) >= 11 is 0. The molecule has 5 heteroatoms. The number of imide groups is 1. The summed E-state index contributed by atoms with van der Waals surface area (Å²) in [4.78, 5) is 21.8. The Hall–Kier alpha value is -2.04. The molecule has 0 heterocycles. The second-order valence-electron chi connectivity index (χ2n) is 2.73. The molecule has 0 aliphatic rings. The molecule has 1 rings (SSSR count). The largest absolute Gasteiger partial charge is 0.484 e. The zero-order valence-corrected chi connectivity index (χ0v) is 8.32. The van der Waals surface area contributed by atoms with Gasteiger partial charge >= 0.3 is 6.03 Å². The van der Waals surface area contributed by atoms with E-state index in [0.717, 1.165) is 0 Å². The topological polar surface area (TPSA) is 67.4 Å². The highest BCUT2D eigenvalue weighted by atomic mass is 16.5. The Kier molecular flexibility index (Phi) is 4.15. The Labute approximate surface area is 87.4 Å². The van der Waals surface area contributed by atoms with Crippen LogP contribution in [-0.4, -0.2) is 25.6 Å². The lowest BCUT2D eigenvalue weighted by Gasteiger charge is -2.05. The summed E-state index contributed by atoms with van der Waals surface area (Å²) < 4.78 is 5.12. The zero-order chi connectivity index (χ0) is 11.1. The molecule has 0 spiro atoms. The molecular formula is C10H12N2O3. The zero-order valence-electron chi connectivity index (χ0n) is 8.32. The van der Waals surface area contributed by atoms with Crippen LogP contribution in [0.15, 0.2) is 30.3 Å². The van der Waals surface area contributed by atoms with Gasteiger partial charge in [-0.15, -0.1) is 0 Å². The predicted molar refractivity (Wildman–Crippen MR) is 54.5 cm³/mol. The lowest BCUT2D eigenvalue weighted by atomic mass is 10.3. The van der Waals surface area contributed by atoms with Crippen LogP contribution in [0.2, 0.25) is 0 Å². The van der Waals surface area contributed by atoms with Crippen molar-refractivity contribution in [2.45, 2.75) is 0 Å². The summed E-state index contributed by atoms with van der Waals surface area (Å²) in [5.41, 5.74) is 0. The minimum atomic E-state index is -0.545. The first-order valence-electron chi connectivity index (χ1n) is 4.42. The van der Waals surface area contributed by atoms with Crippen molar-refractivity contribution in [2.75, 3.05) is 13.7 Å². The number of benzene rings is 1. The molecule has 0 aliphatic carbocycles. The molecule has 5 nitrogen and oxygen atoms in total. The van der Waals surface area contributed by atoms with E-state index in [0.29, 0.717) is 5.75 Å². The van der Waals surface area contributed by atoms with Gasteiger partial charge in [0.25, 0.3) is 5.91 Å². The molecular weight excluding hydrogens is 196 g/mol. The van der Waals surface area contributed by atoms with Gasteiger partial charge in [0, 0.05) is 7.05 Å². The highest BCUT2D eigenvalue weighted by molar-refractivity contribution is 5.94. The van der Waals surface area contributed by atoms with E-state index >= 15 is 0 Å². The fraction of sp³-hybridized carbons (Fsp3) is 0.200. The minimum absolute atomic E-state index is 0.183. The summed E-state index contributed by atoms with van der Waals surface area (Å²) in [5.74, 6) is 0.0998. The minimum Gasteiger partial charge on any atom is -0.484 e. The second-order valence-corrected chi connectivity index (χ2v) is 2.73. The van der Waals surface area contributed by atoms with Crippen molar-refractivity contribution in [2.24, 2.45) is 0 Å². The van der Waals surface area contributed by atoms with Gasteiger partial charge in [0.2, 0.25) is 0 Å². The average Bonchev–Trinajstić information content (AvgIpc) is 2.27. The molecule has 0 unspecified atom stereocenters. The van der Waals surface area contributed by atoms with E-state index in [4.69, 9.17) is 4.74 Å². The maximum atomic E-state index is 11.1. The first-order valence-corrected chi connectivity index (χ1v) is 4.42. The van der Waals surface area contributed by atoms with Crippen molar-refractivity contribution in [1.82, 2.24) is 10.6 Å². The van der Waals surface area contributed by atoms with E-state index < -0.39 is 11.9 Å². The van der Waals surface area contributed by atoms with Crippen LogP contribution >= 0.6 is 0 Å². The molecule has 0 saturated carbocycles. The Morgan fingerprint density at radius 3 is 2.53 bits per heavy atom. The molecule has 80 valence electrons. The number of amides is 3. The van der Waals surface area contributed by atoms with Crippen LogP contribution in [0.5, 0.6) is 5.75 Å². The van der Waals surface area contributed by atoms with Gasteiger partial charge in [0.1, 0.15) is 5.75 Å². The second kappa shape index (κ2) is 5.64. The van der Waals surface area contributed by atoms with E-state index in [1.165, 1.54) is 7.05 Å². The van der Waals surface area contributed by atoms with Crippen LogP contribution in [0.4, 0.5) is 4.79 Å². The Bertz CT molecular complexity index is 338. The third-order valence-electron chi connectivity index (χ3n) is 1.59. The van der Waals surface area contributed by atoms with E-state index in [9.17, 15) is 9.59 Å². The lowest BCUT2D eigenvalue weighted by molar-refractivity contribution is -0.121. The van der Waals surface area contributed by atoms with Gasteiger partial charge in [0.15, 0.2) is 6.61 Å². The van der Waals surface area contributed by atoms with Crippen molar-refractivity contribution in [1.29, 1.82) is 0 Å². The summed E-state index contributed by atoms with van der Waals surface area (Å²) in [5, 5.41) is 4.35. The quantitative estimate of drug-likeness (QED) is 0.761. The lowest BCUT2D eigenvalue weighted by Crippen LogP contribution is -2.39. The maximum Gasteiger partial charge on any atom is 0.321 e. The van der Waals surface area contributed by atoms with Crippen LogP contribution in [0.1, 0.15) is 0 Å². The van der Waals surface area contributed by atoms with E-state index in [1.807, 2.05) is 6.07 Å². The highest BCUT2D eigenvalue weighted by Gasteiger charge is 2.05. The van der Waals surface area contributed by atoms with Gasteiger partial charge in [-0.05, 0) is 12.1 Å². The molecule has 0 aromatic heterocycles. The Morgan fingerprint density at radius 2 is 1.93 bits per heavy atom. The normalized spacial score (nSPS) is 9.13. The molecule has 0 aliphatic heterocycles. The number of hydrogen-bond donors (Lipinski definition) is 2. The summed E-state index contributed by atoms with van der Waals surface area (Å²) in [6, 6.07) is 8.35. The van der Waals surface area contributed by atoms with Crippen molar-refractivity contribution < 1.29 is 14.3 Å². The first-order chi connectivity index (χ1) is 7.22. The molecule has 15 heavy (non-hydrogen) atoms. The maximum absolute atomic E-state index is 11.1. The number of ether oxygens (including phenoxy) is 1. The molecule has 1 aromatic carbocycles. The third-order valence-corrected chi connectivity index (χ3v) is 1.59. The van der Waals surface area contributed by atoms with Gasteiger partial charge in [0.05, 0.1) is 0 Å². The Balaban J connectivity index is 2.32. The van der Waals surface area contributed by atoms with Crippen LogP contribution in [-0.2, 0) is 4.79 Å². The number of nitrogens with one attached hydrogen (secondary N) is 2. The van der Waals surface area contributed by atoms with Gasteiger partial charge in [-0.1, -0.05) is 18.2 Å². The summed E-state index contributed by atoms with van der Waals surface area (Å²) in [7, 11) is 1.43.